The van der Waals surface area contributed by atoms with Crippen LogP contribution >= 0.6 is 8.38 Å². The summed E-state index contributed by atoms with van der Waals surface area (Å²) < 4.78 is 16.8. The topological polar surface area (TPSA) is 27.3 Å². The molecule has 3 rings (SSSR count). The smallest absolute Gasteiger partial charge is 0.325 e. The molecule has 0 N–H and O–H groups in total. The summed E-state index contributed by atoms with van der Waals surface area (Å²) in [6.07, 6.45) is 4.29. The second-order valence-electron chi connectivity index (χ2n) is 7.93. The van der Waals surface area contributed by atoms with Crippen molar-refractivity contribution in [1.82, 2.24) is 4.57 Å². The Morgan fingerprint density at radius 2 is 1.23 bits per heavy atom. The first kappa shape index (κ1) is 22.7. The fourth-order valence-electron chi connectivity index (χ4n) is 4.40. The largest absolute Gasteiger partial charge is 0.345 e. The molecular weight excluding hydrogens is 391 g/mol. The lowest BCUT2D eigenvalue weighted by molar-refractivity contribution is -0.576. The molecule has 0 radical (unpaired) electrons. The van der Waals surface area contributed by atoms with E-state index in [1.807, 2.05) is 13.8 Å². The van der Waals surface area contributed by atoms with Crippen molar-refractivity contribution in [2.24, 2.45) is 0 Å². The van der Waals surface area contributed by atoms with Crippen LogP contribution in [0.3, 0.4) is 0 Å². The van der Waals surface area contributed by atoms with Crippen LogP contribution in [-0.2, 0) is 9.05 Å². The molecule has 2 aromatic carbocycles. The molecule has 30 heavy (non-hydrogen) atoms. The summed E-state index contributed by atoms with van der Waals surface area (Å²) in [4.78, 5) is 0. The van der Waals surface area contributed by atoms with Crippen molar-refractivity contribution in [2.75, 3.05) is 13.2 Å². The molecule has 0 spiro atoms. The summed E-state index contributed by atoms with van der Waals surface area (Å²) in [5, 5.41) is 0. The minimum atomic E-state index is -1.25. The standard InChI is InChI=1S/C25H34N2O2P/c1-9-28-30(29-10-2)25-26(23-19(5)13-17(3)14-20(23)6)11-12-27(25)24-21(7)15-18(4)16-22(24)8/h11-16H,9-10H2,1-8H3/q+1. The van der Waals surface area contributed by atoms with E-state index in [1.165, 1.54) is 44.8 Å². The highest BCUT2D eigenvalue weighted by Crippen LogP contribution is 2.38. The average molecular weight is 426 g/mol. The number of imidazole rings is 1. The van der Waals surface area contributed by atoms with Gasteiger partial charge in [-0.1, -0.05) is 35.4 Å². The summed E-state index contributed by atoms with van der Waals surface area (Å²) in [6.45, 7) is 18.3. The summed E-state index contributed by atoms with van der Waals surface area (Å²) in [5.41, 5.74) is 11.0. The van der Waals surface area contributed by atoms with Crippen LogP contribution in [-0.4, -0.2) is 17.8 Å². The van der Waals surface area contributed by atoms with Crippen LogP contribution in [0, 0.1) is 41.5 Å². The first-order valence-electron chi connectivity index (χ1n) is 10.6. The number of hydrogen-bond donors (Lipinski definition) is 0. The Morgan fingerprint density at radius 1 is 0.767 bits per heavy atom. The maximum absolute atomic E-state index is 6.16. The first-order valence-corrected chi connectivity index (χ1v) is 11.8. The van der Waals surface area contributed by atoms with Crippen LogP contribution in [0.2, 0.25) is 0 Å². The highest BCUT2D eigenvalue weighted by Gasteiger charge is 2.34. The molecule has 0 fully saturated rings. The quantitative estimate of drug-likeness (QED) is 0.363. The molecule has 1 heterocycles. The molecule has 0 unspecified atom stereocenters. The van der Waals surface area contributed by atoms with E-state index in [2.05, 4.69) is 87.3 Å². The maximum Gasteiger partial charge on any atom is 0.345 e. The van der Waals surface area contributed by atoms with Crippen molar-refractivity contribution in [3.05, 3.63) is 70.0 Å². The zero-order valence-corrected chi connectivity index (χ0v) is 20.4. The second kappa shape index (κ2) is 9.43. The van der Waals surface area contributed by atoms with E-state index >= 15 is 0 Å². The van der Waals surface area contributed by atoms with Gasteiger partial charge >= 0.3 is 5.57 Å². The summed E-state index contributed by atoms with van der Waals surface area (Å²) in [6, 6.07) is 8.95. The van der Waals surface area contributed by atoms with E-state index in [0.29, 0.717) is 13.2 Å². The average Bonchev–Trinajstić information content (AvgIpc) is 3.04. The van der Waals surface area contributed by atoms with Crippen molar-refractivity contribution < 1.29 is 13.6 Å². The van der Waals surface area contributed by atoms with Crippen LogP contribution in [0.1, 0.15) is 47.2 Å². The summed E-state index contributed by atoms with van der Waals surface area (Å²) >= 11 is 0. The molecule has 0 amide bonds. The van der Waals surface area contributed by atoms with E-state index in [0.717, 1.165) is 5.57 Å². The van der Waals surface area contributed by atoms with Gasteiger partial charge in [0.1, 0.15) is 23.8 Å². The fraction of sp³-hybridized carbons (Fsp3) is 0.400. The monoisotopic (exact) mass is 425 g/mol. The minimum absolute atomic E-state index is 0.606. The van der Waals surface area contributed by atoms with E-state index in [9.17, 15) is 0 Å². The third-order valence-electron chi connectivity index (χ3n) is 5.20. The molecular formula is C25H34N2O2P+. The highest BCUT2D eigenvalue weighted by molar-refractivity contribution is 7.55. The van der Waals surface area contributed by atoms with Crippen LogP contribution in [0.15, 0.2) is 36.7 Å². The van der Waals surface area contributed by atoms with Crippen molar-refractivity contribution in [2.45, 2.75) is 55.4 Å². The first-order chi connectivity index (χ1) is 14.3. The molecule has 5 heteroatoms. The fourth-order valence-corrected chi connectivity index (χ4v) is 5.86. The Kier molecular flexibility index (Phi) is 7.13. The summed E-state index contributed by atoms with van der Waals surface area (Å²) in [7, 11) is -1.25. The molecule has 0 aliphatic rings. The SMILES string of the molecule is CCOP(OCC)c1n(-c2c(C)cc(C)cc2C)cc[n+]1-c1c(C)cc(C)cc1C. The lowest BCUT2D eigenvalue weighted by Gasteiger charge is -2.17. The number of aryl methyl sites for hydroxylation is 6. The number of benzene rings is 2. The van der Waals surface area contributed by atoms with Crippen molar-refractivity contribution in [3.63, 3.8) is 0 Å². The Morgan fingerprint density at radius 3 is 1.70 bits per heavy atom. The van der Waals surface area contributed by atoms with Gasteiger partial charge in [0.2, 0.25) is 0 Å². The zero-order chi connectivity index (χ0) is 22.0. The molecule has 0 atom stereocenters. The summed E-state index contributed by atoms with van der Waals surface area (Å²) in [5.74, 6) is 0. The Balaban J connectivity index is 2.34. The second-order valence-corrected chi connectivity index (χ2v) is 9.36. The van der Waals surface area contributed by atoms with Crippen molar-refractivity contribution >= 4 is 13.9 Å². The molecule has 0 aliphatic heterocycles. The molecule has 0 bridgehead atoms. The van der Waals surface area contributed by atoms with Gasteiger partial charge in [0.15, 0.2) is 0 Å². The van der Waals surface area contributed by atoms with Crippen molar-refractivity contribution in [3.8, 4) is 11.4 Å². The molecule has 1 aromatic heterocycles. The minimum Gasteiger partial charge on any atom is -0.325 e. The lowest BCUT2D eigenvalue weighted by Crippen LogP contribution is -2.47. The predicted molar refractivity (Wildman–Crippen MR) is 126 cm³/mol. The van der Waals surface area contributed by atoms with E-state index < -0.39 is 8.38 Å². The van der Waals surface area contributed by atoms with Crippen LogP contribution in [0.25, 0.3) is 11.4 Å². The normalized spacial score (nSPS) is 11.5. The third-order valence-corrected chi connectivity index (χ3v) is 6.95. The molecule has 3 aromatic rings. The maximum atomic E-state index is 6.16. The van der Waals surface area contributed by atoms with Gasteiger partial charge in [0.25, 0.3) is 8.38 Å². The molecule has 0 saturated heterocycles. The van der Waals surface area contributed by atoms with Gasteiger partial charge in [-0.3, -0.25) is 0 Å². The van der Waals surface area contributed by atoms with Crippen LogP contribution < -0.4 is 10.1 Å². The van der Waals surface area contributed by atoms with E-state index in [1.54, 1.807) is 0 Å². The number of hydrogen-bond acceptors (Lipinski definition) is 2. The van der Waals surface area contributed by atoms with Gasteiger partial charge in [-0.2, -0.15) is 9.13 Å². The Bertz CT molecular complexity index is 928. The molecule has 0 aliphatic carbocycles. The van der Waals surface area contributed by atoms with Gasteiger partial charge in [-0.25, -0.2) is 0 Å². The van der Waals surface area contributed by atoms with Gasteiger partial charge in [0.05, 0.1) is 13.2 Å². The lowest BCUT2D eigenvalue weighted by atomic mass is 10.0. The van der Waals surface area contributed by atoms with Crippen LogP contribution in [0.5, 0.6) is 0 Å². The molecule has 4 nitrogen and oxygen atoms in total. The van der Waals surface area contributed by atoms with Gasteiger partial charge in [-0.05, 0) is 77.6 Å². The van der Waals surface area contributed by atoms with Gasteiger partial charge in [0, 0.05) is 0 Å². The number of nitrogens with zero attached hydrogens (tertiary/aromatic N) is 2. The van der Waals surface area contributed by atoms with Gasteiger partial charge < -0.3 is 9.05 Å². The third kappa shape index (κ3) is 4.37. The van der Waals surface area contributed by atoms with Gasteiger partial charge in [-0.15, -0.1) is 0 Å². The predicted octanol–water partition coefficient (Wildman–Crippen LogP) is 5.61. The molecule has 0 saturated carbocycles. The zero-order valence-electron chi connectivity index (χ0n) is 19.5. The number of aromatic nitrogens is 2. The van der Waals surface area contributed by atoms with Crippen LogP contribution in [0.4, 0.5) is 0 Å². The Labute approximate surface area is 182 Å². The number of rotatable bonds is 7. The van der Waals surface area contributed by atoms with E-state index in [4.69, 9.17) is 9.05 Å². The van der Waals surface area contributed by atoms with Crippen molar-refractivity contribution in [1.29, 1.82) is 0 Å². The highest BCUT2D eigenvalue weighted by atomic mass is 31.2. The molecule has 160 valence electrons. The Hall–Kier alpha value is -2.00. The van der Waals surface area contributed by atoms with E-state index in [-0.39, 0.29) is 0 Å².